The highest BCUT2D eigenvalue weighted by molar-refractivity contribution is 4.78. The number of aliphatic hydroxyl groups excluding tert-OH is 2. The number of hydrogen-bond acceptors (Lipinski definition) is 3. The predicted octanol–water partition coefficient (Wildman–Crippen LogP) is 1.78. The van der Waals surface area contributed by atoms with Crippen LogP contribution < -0.4 is 5.32 Å². The van der Waals surface area contributed by atoms with Gasteiger partial charge in [-0.25, -0.2) is 0 Å². The lowest BCUT2D eigenvalue weighted by atomic mass is 9.85. The van der Waals surface area contributed by atoms with Gasteiger partial charge in [0.05, 0.1) is 12.7 Å². The Labute approximate surface area is 94.9 Å². The number of nitrogens with one attached hydrogen (secondary N) is 1. The summed E-state index contributed by atoms with van der Waals surface area (Å²) in [7, 11) is 0. The smallest absolute Gasteiger partial charge is 0.0604 e. The molecule has 3 N–H and O–H groups in total. The van der Waals surface area contributed by atoms with Gasteiger partial charge in [-0.1, -0.05) is 41.5 Å². The van der Waals surface area contributed by atoms with E-state index in [1.807, 2.05) is 41.5 Å². The van der Waals surface area contributed by atoms with Gasteiger partial charge in [0.25, 0.3) is 0 Å². The first kappa shape index (κ1) is 17.3. The lowest BCUT2D eigenvalue weighted by molar-refractivity contribution is 0.0394. The minimum atomic E-state index is -0.372. The van der Waals surface area contributed by atoms with Crippen molar-refractivity contribution >= 4 is 0 Å². The second-order valence-corrected chi connectivity index (χ2v) is 4.55. The third kappa shape index (κ3) is 8.85. The summed E-state index contributed by atoms with van der Waals surface area (Å²) in [5.41, 5.74) is -0.108. The van der Waals surface area contributed by atoms with Crippen LogP contribution in [0.5, 0.6) is 0 Å². The maximum absolute atomic E-state index is 9.76. The van der Waals surface area contributed by atoms with E-state index in [2.05, 4.69) is 5.32 Å². The molecule has 0 aliphatic rings. The summed E-state index contributed by atoms with van der Waals surface area (Å²) in [5, 5.41) is 21.9. The molecular formula is C12H29NO2. The van der Waals surface area contributed by atoms with Gasteiger partial charge in [-0.2, -0.15) is 0 Å². The van der Waals surface area contributed by atoms with Gasteiger partial charge < -0.3 is 15.5 Å². The van der Waals surface area contributed by atoms with Gasteiger partial charge in [0.15, 0.2) is 0 Å². The molecule has 2 unspecified atom stereocenters. The van der Waals surface area contributed by atoms with Crippen LogP contribution in [0.2, 0.25) is 0 Å². The molecule has 0 amide bonds. The fourth-order valence-electron chi connectivity index (χ4n) is 1.13. The Morgan fingerprint density at radius 3 is 1.93 bits per heavy atom. The minimum Gasteiger partial charge on any atom is -0.395 e. The average molecular weight is 219 g/mol. The predicted molar refractivity (Wildman–Crippen MR) is 66.0 cm³/mol. The Balaban J connectivity index is 0. The van der Waals surface area contributed by atoms with Crippen molar-refractivity contribution in [2.75, 3.05) is 13.2 Å². The largest absolute Gasteiger partial charge is 0.395 e. The van der Waals surface area contributed by atoms with Crippen molar-refractivity contribution in [1.82, 2.24) is 5.32 Å². The highest BCUT2D eigenvalue weighted by Crippen LogP contribution is 2.22. The zero-order chi connectivity index (χ0) is 12.5. The van der Waals surface area contributed by atoms with Crippen LogP contribution in [0.4, 0.5) is 0 Å². The van der Waals surface area contributed by atoms with Crippen LogP contribution >= 0.6 is 0 Å². The summed E-state index contributed by atoms with van der Waals surface area (Å²) in [4.78, 5) is 0. The summed E-state index contributed by atoms with van der Waals surface area (Å²) >= 11 is 0. The molecule has 2 atom stereocenters. The maximum Gasteiger partial charge on any atom is 0.0604 e. The first-order chi connectivity index (χ1) is 6.91. The summed E-state index contributed by atoms with van der Waals surface area (Å²) in [6.45, 7) is 12.9. The van der Waals surface area contributed by atoms with E-state index in [0.717, 1.165) is 6.54 Å². The summed E-state index contributed by atoms with van der Waals surface area (Å²) < 4.78 is 0. The van der Waals surface area contributed by atoms with E-state index < -0.39 is 0 Å². The lowest BCUT2D eigenvalue weighted by Crippen LogP contribution is -2.39. The Kier molecular flexibility index (Phi) is 10.5. The van der Waals surface area contributed by atoms with Crippen LogP contribution in [0, 0.1) is 5.41 Å². The second kappa shape index (κ2) is 9.13. The molecule has 0 bridgehead atoms. The number of rotatable bonds is 5. The molecule has 3 nitrogen and oxygen atoms in total. The third-order valence-corrected chi connectivity index (χ3v) is 2.22. The molecule has 0 aromatic rings. The van der Waals surface area contributed by atoms with Crippen molar-refractivity contribution in [3.8, 4) is 0 Å². The van der Waals surface area contributed by atoms with Crippen LogP contribution in [0.25, 0.3) is 0 Å². The van der Waals surface area contributed by atoms with Crippen molar-refractivity contribution in [2.24, 2.45) is 5.41 Å². The summed E-state index contributed by atoms with van der Waals surface area (Å²) in [6, 6.07) is 0.0132. The zero-order valence-electron chi connectivity index (χ0n) is 11.2. The van der Waals surface area contributed by atoms with Crippen LogP contribution in [0.15, 0.2) is 0 Å². The highest BCUT2D eigenvalue weighted by Gasteiger charge is 2.24. The molecule has 0 aliphatic carbocycles. The molecule has 0 saturated heterocycles. The van der Waals surface area contributed by atoms with E-state index >= 15 is 0 Å². The van der Waals surface area contributed by atoms with Crippen molar-refractivity contribution in [3.05, 3.63) is 0 Å². The molecule has 0 aromatic carbocycles. The quantitative estimate of drug-likeness (QED) is 0.660. The zero-order valence-corrected chi connectivity index (χ0v) is 11.2. The van der Waals surface area contributed by atoms with Crippen LogP contribution in [-0.4, -0.2) is 35.5 Å². The van der Waals surface area contributed by atoms with Gasteiger partial charge in [0, 0.05) is 6.04 Å². The molecule has 0 saturated carbocycles. The van der Waals surface area contributed by atoms with E-state index in [4.69, 9.17) is 5.11 Å². The third-order valence-electron chi connectivity index (χ3n) is 2.22. The summed E-state index contributed by atoms with van der Waals surface area (Å²) in [5.74, 6) is 0. The fourth-order valence-corrected chi connectivity index (χ4v) is 1.13. The number of hydrogen-bond donors (Lipinski definition) is 3. The highest BCUT2D eigenvalue weighted by atomic mass is 16.3. The Hall–Kier alpha value is -0.120. The van der Waals surface area contributed by atoms with Crippen molar-refractivity contribution in [2.45, 2.75) is 60.1 Å². The van der Waals surface area contributed by atoms with Gasteiger partial charge in [0.1, 0.15) is 0 Å². The number of likely N-dealkylation sites (N-methyl/N-ethyl adjacent to an activating group) is 1. The lowest BCUT2D eigenvalue weighted by Gasteiger charge is -2.29. The van der Waals surface area contributed by atoms with Crippen molar-refractivity contribution < 1.29 is 10.2 Å². The van der Waals surface area contributed by atoms with Gasteiger partial charge in [-0.3, -0.25) is 0 Å². The second-order valence-electron chi connectivity index (χ2n) is 4.55. The Bertz CT molecular complexity index is 132. The molecule has 94 valence electrons. The first-order valence-electron chi connectivity index (χ1n) is 5.94. The van der Waals surface area contributed by atoms with Gasteiger partial charge in [-0.15, -0.1) is 0 Å². The molecule has 0 radical (unpaired) electrons. The maximum atomic E-state index is 9.76. The van der Waals surface area contributed by atoms with E-state index in [1.54, 1.807) is 0 Å². The van der Waals surface area contributed by atoms with E-state index in [0.29, 0.717) is 6.42 Å². The molecule has 0 aromatic heterocycles. The van der Waals surface area contributed by atoms with E-state index in [1.165, 1.54) is 0 Å². The van der Waals surface area contributed by atoms with E-state index in [-0.39, 0.29) is 24.2 Å². The van der Waals surface area contributed by atoms with Crippen molar-refractivity contribution in [1.29, 1.82) is 0 Å². The van der Waals surface area contributed by atoms with E-state index in [9.17, 15) is 5.11 Å². The minimum absolute atomic E-state index is 0.0132. The monoisotopic (exact) mass is 219 g/mol. The summed E-state index contributed by atoms with van der Waals surface area (Å²) in [6.07, 6.45) is 0.233. The molecule has 0 aliphatic heterocycles. The van der Waals surface area contributed by atoms with Gasteiger partial charge in [-0.05, 0) is 18.4 Å². The molecule has 3 heteroatoms. The standard InChI is InChI=1S/C10H23NO2.C2H6/c1-5-11-8(7-12)6-9(13)10(2,3)4;1-2/h8-9,11-13H,5-7H2,1-4H3;1-2H3. The van der Waals surface area contributed by atoms with Gasteiger partial charge in [0.2, 0.25) is 0 Å². The topological polar surface area (TPSA) is 52.5 Å². The Morgan fingerprint density at radius 2 is 1.67 bits per heavy atom. The first-order valence-corrected chi connectivity index (χ1v) is 5.94. The molecule has 0 fully saturated rings. The fraction of sp³-hybridized carbons (Fsp3) is 1.00. The Morgan fingerprint density at radius 1 is 1.20 bits per heavy atom. The SMILES string of the molecule is CC.CCNC(CO)CC(O)C(C)(C)C. The van der Waals surface area contributed by atoms with Crippen LogP contribution in [0.1, 0.15) is 48.0 Å². The molecule has 0 spiro atoms. The normalized spacial score (nSPS) is 15.2. The van der Waals surface area contributed by atoms with Gasteiger partial charge >= 0.3 is 0 Å². The van der Waals surface area contributed by atoms with Crippen molar-refractivity contribution in [3.63, 3.8) is 0 Å². The molecule has 15 heavy (non-hydrogen) atoms. The molecule has 0 heterocycles. The molecular weight excluding hydrogens is 190 g/mol. The van der Waals surface area contributed by atoms with Crippen LogP contribution in [-0.2, 0) is 0 Å². The average Bonchev–Trinajstić information content (AvgIpc) is 2.18. The van der Waals surface area contributed by atoms with Crippen LogP contribution in [0.3, 0.4) is 0 Å². The molecule has 0 rings (SSSR count). The number of aliphatic hydroxyl groups is 2.